The maximum absolute atomic E-state index is 13.8. The van der Waals surface area contributed by atoms with E-state index >= 15 is 0 Å². The Labute approximate surface area is 208 Å². The van der Waals surface area contributed by atoms with Gasteiger partial charge in [-0.15, -0.1) is 0 Å². The summed E-state index contributed by atoms with van der Waals surface area (Å²) in [5.74, 6) is -0.742. The van der Waals surface area contributed by atoms with Crippen molar-refractivity contribution in [1.82, 2.24) is 14.5 Å². The summed E-state index contributed by atoms with van der Waals surface area (Å²) in [4.78, 5) is 32.2. The van der Waals surface area contributed by atoms with Gasteiger partial charge in [-0.2, -0.15) is 0 Å². The highest BCUT2D eigenvalue weighted by Gasteiger charge is 2.28. The number of imidazole rings is 1. The largest absolute Gasteiger partial charge is 0.383 e. The molecule has 2 amide bonds. The number of hydrogen-bond acceptors (Lipinski definition) is 4. The topological polar surface area (TPSA) is 76.5 Å². The first kappa shape index (κ1) is 24.9. The molecule has 1 saturated carbocycles. The Balaban J connectivity index is 1.59. The second kappa shape index (κ2) is 11.5. The summed E-state index contributed by atoms with van der Waals surface area (Å²) >= 11 is 6.01. The average molecular weight is 499 g/mol. The lowest BCUT2D eigenvalue weighted by molar-refractivity contribution is -0.138. The number of hydrogen-bond donors (Lipinski definition) is 1. The van der Waals surface area contributed by atoms with Crippen molar-refractivity contribution in [3.63, 3.8) is 0 Å². The molecule has 1 fully saturated rings. The molecule has 4 rings (SSSR count). The maximum Gasteiger partial charge on any atom is 0.246 e. The molecule has 9 heteroatoms. The molecule has 0 spiro atoms. The molecule has 7 nitrogen and oxygen atoms in total. The molecule has 0 aliphatic heterocycles. The number of nitrogens with one attached hydrogen (secondary N) is 1. The molecular formula is C26H28ClFN4O3. The van der Waals surface area contributed by atoms with Crippen molar-refractivity contribution in [3.05, 3.63) is 65.6 Å². The zero-order valence-corrected chi connectivity index (χ0v) is 20.3. The summed E-state index contributed by atoms with van der Waals surface area (Å²) in [6.07, 6.45) is 5.50. The van der Waals surface area contributed by atoms with E-state index in [4.69, 9.17) is 16.3 Å². The SMILES string of the molecule is COCCN(CC(=O)Nc1nc(-c2ccccc2)cn1-c1ccc(F)c(Cl)c1)C(=O)C1CCCC1. The fourth-order valence-corrected chi connectivity index (χ4v) is 4.46. The van der Waals surface area contributed by atoms with E-state index in [2.05, 4.69) is 10.3 Å². The Morgan fingerprint density at radius 1 is 1.20 bits per heavy atom. The number of aromatic nitrogens is 2. The molecule has 1 N–H and O–H groups in total. The van der Waals surface area contributed by atoms with E-state index in [-0.39, 0.29) is 35.2 Å². The lowest BCUT2D eigenvalue weighted by Gasteiger charge is -2.24. The van der Waals surface area contributed by atoms with Crippen molar-refractivity contribution in [2.24, 2.45) is 5.92 Å². The number of carbonyl (C=O) groups is 2. The quantitative estimate of drug-likeness (QED) is 0.453. The van der Waals surface area contributed by atoms with Gasteiger partial charge in [-0.3, -0.25) is 19.5 Å². The molecule has 0 unspecified atom stereocenters. The lowest BCUT2D eigenvalue weighted by Crippen LogP contribution is -2.42. The number of nitrogens with zero attached hydrogens (tertiary/aromatic N) is 3. The highest BCUT2D eigenvalue weighted by atomic mass is 35.5. The highest BCUT2D eigenvalue weighted by Crippen LogP contribution is 2.28. The van der Waals surface area contributed by atoms with E-state index in [1.54, 1.807) is 28.8 Å². The standard InChI is InChI=1S/C26H28ClFN4O3/c1-35-14-13-31(25(34)19-9-5-6-10-19)17-24(33)30-26-29-23(18-7-3-2-4-8-18)16-32(26)20-11-12-22(28)21(27)15-20/h2-4,7-8,11-12,15-16,19H,5-6,9-10,13-14,17H2,1H3,(H,29,30,33). The Bertz CT molecular complexity index is 1180. The summed E-state index contributed by atoms with van der Waals surface area (Å²) in [6.45, 7) is 0.555. The van der Waals surface area contributed by atoms with Crippen molar-refractivity contribution in [3.8, 4) is 16.9 Å². The molecule has 1 aliphatic rings. The lowest BCUT2D eigenvalue weighted by atomic mass is 10.1. The fraction of sp³-hybridized carbons (Fsp3) is 0.346. The molecule has 35 heavy (non-hydrogen) atoms. The van der Waals surface area contributed by atoms with Gasteiger partial charge in [0.05, 0.1) is 23.0 Å². The van der Waals surface area contributed by atoms with Crippen molar-refractivity contribution in [2.45, 2.75) is 25.7 Å². The minimum atomic E-state index is -0.538. The van der Waals surface area contributed by atoms with E-state index in [1.807, 2.05) is 30.3 Å². The third kappa shape index (κ3) is 6.07. The summed E-state index contributed by atoms with van der Waals surface area (Å²) in [5, 5.41) is 2.79. The average Bonchev–Trinajstić information content (AvgIpc) is 3.54. The van der Waals surface area contributed by atoms with Gasteiger partial charge in [-0.1, -0.05) is 54.8 Å². The molecular weight excluding hydrogens is 471 g/mol. The van der Waals surface area contributed by atoms with Crippen LogP contribution in [0.5, 0.6) is 0 Å². The van der Waals surface area contributed by atoms with E-state index in [1.165, 1.54) is 12.1 Å². The van der Waals surface area contributed by atoms with E-state index < -0.39 is 5.82 Å². The minimum absolute atomic E-state index is 0.0201. The van der Waals surface area contributed by atoms with Crippen LogP contribution in [0, 0.1) is 11.7 Å². The summed E-state index contributed by atoms with van der Waals surface area (Å²) in [5.41, 5.74) is 2.02. The molecule has 0 radical (unpaired) electrons. The van der Waals surface area contributed by atoms with Crippen LogP contribution in [-0.2, 0) is 14.3 Å². The molecule has 1 aliphatic carbocycles. The van der Waals surface area contributed by atoms with Gasteiger partial charge in [0.15, 0.2) is 0 Å². The summed E-state index contributed by atoms with van der Waals surface area (Å²) < 4.78 is 20.6. The molecule has 0 saturated heterocycles. The van der Waals surface area contributed by atoms with Gasteiger partial charge in [0, 0.05) is 31.3 Å². The molecule has 1 aromatic heterocycles. The van der Waals surface area contributed by atoms with Crippen LogP contribution in [-0.4, -0.2) is 53.1 Å². The van der Waals surface area contributed by atoms with Crippen molar-refractivity contribution >= 4 is 29.4 Å². The Hall–Kier alpha value is -3.23. The Kier molecular flexibility index (Phi) is 8.15. The van der Waals surface area contributed by atoms with E-state index in [0.29, 0.717) is 24.5 Å². The van der Waals surface area contributed by atoms with Crippen LogP contribution in [0.3, 0.4) is 0 Å². The molecule has 3 aromatic rings. The van der Waals surface area contributed by atoms with E-state index in [9.17, 15) is 14.0 Å². The monoisotopic (exact) mass is 498 g/mol. The van der Waals surface area contributed by atoms with Crippen LogP contribution in [0.2, 0.25) is 5.02 Å². The molecule has 0 atom stereocenters. The number of halogens is 2. The van der Waals surface area contributed by atoms with Crippen LogP contribution in [0.15, 0.2) is 54.7 Å². The first-order valence-corrected chi connectivity index (χ1v) is 12.0. The smallest absolute Gasteiger partial charge is 0.246 e. The Morgan fingerprint density at radius 2 is 1.94 bits per heavy atom. The van der Waals surface area contributed by atoms with Gasteiger partial charge in [0.2, 0.25) is 17.8 Å². The second-order valence-electron chi connectivity index (χ2n) is 8.57. The van der Waals surface area contributed by atoms with Crippen LogP contribution in [0.1, 0.15) is 25.7 Å². The van der Waals surface area contributed by atoms with Crippen LogP contribution in [0.25, 0.3) is 16.9 Å². The zero-order valence-electron chi connectivity index (χ0n) is 19.5. The van der Waals surface area contributed by atoms with Crippen molar-refractivity contribution in [2.75, 3.05) is 32.1 Å². The van der Waals surface area contributed by atoms with Gasteiger partial charge < -0.3 is 9.64 Å². The van der Waals surface area contributed by atoms with Gasteiger partial charge in [0.1, 0.15) is 12.4 Å². The van der Waals surface area contributed by atoms with Crippen molar-refractivity contribution in [1.29, 1.82) is 0 Å². The molecule has 1 heterocycles. The maximum atomic E-state index is 13.8. The predicted molar refractivity (Wildman–Crippen MR) is 133 cm³/mol. The van der Waals surface area contributed by atoms with Gasteiger partial charge in [-0.05, 0) is 31.0 Å². The number of rotatable bonds is 9. The van der Waals surface area contributed by atoms with Crippen LogP contribution in [0.4, 0.5) is 10.3 Å². The minimum Gasteiger partial charge on any atom is -0.383 e. The predicted octanol–water partition coefficient (Wildman–Crippen LogP) is 4.94. The van der Waals surface area contributed by atoms with Gasteiger partial charge >= 0.3 is 0 Å². The van der Waals surface area contributed by atoms with Gasteiger partial charge in [0.25, 0.3) is 0 Å². The number of benzene rings is 2. The Morgan fingerprint density at radius 3 is 2.63 bits per heavy atom. The second-order valence-corrected chi connectivity index (χ2v) is 8.97. The summed E-state index contributed by atoms with van der Waals surface area (Å²) in [7, 11) is 1.56. The number of carbonyl (C=O) groups excluding carboxylic acids is 2. The van der Waals surface area contributed by atoms with Crippen LogP contribution < -0.4 is 5.32 Å². The molecule has 184 valence electrons. The normalized spacial score (nSPS) is 13.7. The first-order valence-electron chi connectivity index (χ1n) is 11.6. The third-order valence-electron chi connectivity index (χ3n) is 6.12. The van der Waals surface area contributed by atoms with Crippen LogP contribution >= 0.6 is 11.6 Å². The third-order valence-corrected chi connectivity index (χ3v) is 6.41. The zero-order chi connectivity index (χ0) is 24.8. The first-order chi connectivity index (χ1) is 17.0. The highest BCUT2D eigenvalue weighted by molar-refractivity contribution is 6.30. The number of ether oxygens (including phenoxy) is 1. The number of methoxy groups -OCH3 is 1. The van der Waals surface area contributed by atoms with Crippen molar-refractivity contribution < 1.29 is 18.7 Å². The summed E-state index contributed by atoms with van der Waals surface area (Å²) in [6, 6.07) is 13.8. The molecule has 0 bridgehead atoms. The van der Waals surface area contributed by atoms with Gasteiger partial charge in [-0.25, -0.2) is 9.37 Å². The molecule has 2 aromatic carbocycles. The number of amides is 2. The van der Waals surface area contributed by atoms with E-state index in [0.717, 1.165) is 31.2 Å². The number of anilines is 1. The fourth-order valence-electron chi connectivity index (χ4n) is 4.29.